The second-order valence-electron chi connectivity index (χ2n) is 7.67. The molecule has 3 rings (SSSR count). The lowest BCUT2D eigenvalue weighted by molar-refractivity contribution is 0.0696. The van der Waals surface area contributed by atoms with Gasteiger partial charge in [-0.1, -0.05) is 12.8 Å². The minimum Gasteiger partial charge on any atom is -0.490 e. The van der Waals surface area contributed by atoms with Crippen molar-refractivity contribution in [2.24, 2.45) is 0 Å². The Kier molecular flexibility index (Phi) is 6.21. The van der Waals surface area contributed by atoms with Crippen molar-refractivity contribution in [3.05, 3.63) is 29.8 Å². The van der Waals surface area contributed by atoms with Crippen molar-refractivity contribution in [2.45, 2.75) is 69.1 Å². The van der Waals surface area contributed by atoms with Gasteiger partial charge in [-0.2, -0.15) is 0 Å². The van der Waals surface area contributed by atoms with Crippen LogP contribution in [0.15, 0.2) is 24.3 Å². The minimum absolute atomic E-state index is 0.0122. The normalized spacial score (nSPS) is 24.2. The summed E-state index contributed by atoms with van der Waals surface area (Å²) in [6.45, 7) is -0.0122. The quantitative estimate of drug-likeness (QED) is 0.610. The number of aliphatic hydroxyl groups is 1. The molecule has 2 saturated carbocycles. The highest BCUT2D eigenvalue weighted by molar-refractivity contribution is 5.87. The number of carboxylic acids is 1. The first-order valence-electron chi connectivity index (χ1n) is 9.69. The van der Waals surface area contributed by atoms with Crippen molar-refractivity contribution >= 4 is 12.0 Å². The maximum atomic E-state index is 12.3. The number of carbonyl (C=O) groups excluding carboxylic acids is 1. The SMILES string of the molecule is O=C(NC1CCC(Oc2ccc(C(=O)O)cc2)CC1)NC1(CO)CCCC1. The topological polar surface area (TPSA) is 108 Å². The average molecular weight is 376 g/mol. The Morgan fingerprint density at radius 1 is 1.07 bits per heavy atom. The van der Waals surface area contributed by atoms with Crippen molar-refractivity contribution in [1.29, 1.82) is 0 Å². The summed E-state index contributed by atoms with van der Waals surface area (Å²) in [5, 5.41) is 24.5. The van der Waals surface area contributed by atoms with Crippen LogP contribution in [0.1, 0.15) is 61.7 Å². The smallest absolute Gasteiger partial charge is 0.335 e. The molecule has 0 aliphatic heterocycles. The van der Waals surface area contributed by atoms with Gasteiger partial charge in [-0.05, 0) is 62.8 Å². The summed E-state index contributed by atoms with van der Waals surface area (Å²) in [5.74, 6) is -0.285. The van der Waals surface area contributed by atoms with Crippen molar-refractivity contribution < 1.29 is 24.5 Å². The van der Waals surface area contributed by atoms with E-state index in [0.717, 1.165) is 51.4 Å². The van der Waals surface area contributed by atoms with E-state index in [1.807, 2.05) is 0 Å². The van der Waals surface area contributed by atoms with Crippen LogP contribution in [-0.4, -0.2) is 46.5 Å². The van der Waals surface area contributed by atoms with E-state index < -0.39 is 11.5 Å². The van der Waals surface area contributed by atoms with Crippen molar-refractivity contribution in [1.82, 2.24) is 10.6 Å². The van der Waals surface area contributed by atoms with E-state index in [4.69, 9.17) is 9.84 Å². The molecule has 2 fully saturated rings. The lowest BCUT2D eigenvalue weighted by atomic mass is 9.93. The number of hydrogen-bond acceptors (Lipinski definition) is 4. The molecular weight excluding hydrogens is 348 g/mol. The molecule has 2 amide bonds. The van der Waals surface area contributed by atoms with Gasteiger partial charge in [0.1, 0.15) is 5.75 Å². The van der Waals surface area contributed by atoms with Crippen LogP contribution >= 0.6 is 0 Å². The summed E-state index contributed by atoms with van der Waals surface area (Å²) < 4.78 is 5.93. The highest BCUT2D eigenvalue weighted by Crippen LogP contribution is 2.29. The number of urea groups is 1. The molecule has 0 heterocycles. The molecular formula is C20H28N2O5. The summed E-state index contributed by atoms with van der Waals surface area (Å²) in [6, 6.07) is 6.34. The van der Waals surface area contributed by atoms with Gasteiger partial charge in [-0.25, -0.2) is 9.59 Å². The molecule has 0 saturated heterocycles. The van der Waals surface area contributed by atoms with E-state index in [1.54, 1.807) is 12.1 Å². The van der Waals surface area contributed by atoms with Gasteiger partial charge in [0.2, 0.25) is 0 Å². The number of hydrogen-bond donors (Lipinski definition) is 4. The minimum atomic E-state index is -0.952. The number of carbonyl (C=O) groups is 2. The monoisotopic (exact) mass is 376 g/mol. The van der Waals surface area contributed by atoms with Gasteiger partial charge >= 0.3 is 12.0 Å². The first-order valence-corrected chi connectivity index (χ1v) is 9.69. The zero-order valence-corrected chi connectivity index (χ0v) is 15.4. The fourth-order valence-corrected chi connectivity index (χ4v) is 4.03. The molecule has 0 unspecified atom stereocenters. The van der Waals surface area contributed by atoms with Crippen LogP contribution < -0.4 is 15.4 Å². The standard InChI is InChI=1S/C20H28N2O5/c23-13-20(11-1-2-12-20)22-19(26)21-15-5-9-17(10-6-15)27-16-7-3-14(4-8-16)18(24)25/h3-4,7-8,15,17,23H,1-2,5-6,9-13H2,(H,24,25)(H2,21,22,26). The lowest BCUT2D eigenvalue weighted by Crippen LogP contribution is -2.55. The van der Waals surface area contributed by atoms with E-state index in [-0.39, 0.29) is 30.3 Å². The second-order valence-corrected chi connectivity index (χ2v) is 7.67. The number of rotatable bonds is 6. The second kappa shape index (κ2) is 8.61. The molecule has 0 aromatic heterocycles. The van der Waals surface area contributed by atoms with Crippen molar-refractivity contribution in [2.75, 3.05) is 6.61 Å². The fraction of sp³-hybridized carbons (Fsp3) is 0.600. The van der Waals surface area contributed by atoms with E-state index in [2.05, 4.69) is 10.6 Å². The van der Waals surface area contributed by atoms with E-state index in [0.29, 0.717) is 5.75 Å². The molecule has 2 aliphatic rings. The van der Waals surface area contributed by atoms with Gasteiger partial charge in [0, 0.05) is 6.04 Å². The van der Waals surface area contributed by atoms with Crippen LogP contribution in [0.25, 0.3) is 0 Å². The largest absolute Gasteiger partial charge is 0.490 e. The zero-order valence-electron chi connectivity index (χ0n) is 15.4. The van der Waals surface area contributed by atoms with Gasteiger partial charge in [-0.15, -0.1) is 0 Å². The van der Waals surface area contributed by atoms with Crippen LogP contribution in [0.4, 0.5) is 4.79 Å². The maximum Gasteiger partial charge on any atom is 0.335 e. The fourth-order valence-electron chi connectivity index (χ4n) is 4.03. The predicted molar refractivity (Wildman–Crippen MR) is 100 cm³/mol. The van der Waals surface area contributed by atoms with E-state index in [1.165, 1.54) is 12.1 Å². The number of ether oxygens (including phenoxy) is 1. The Morgan fingerprint density at radius 3 is 2.26 bits per heavy atom. The van der Waals surface area contributed by atoms with Crippen LogP contribution in [0.5, 0.6) is 5.75 Å². The lowest BCUT2D eigenvalue weighted by Gasteiger charge is -2.32. The van der Waals surface area contributed by atoms with E-state index >= 15 is 0 Å². The first-order chi connectivity index (χ1) is 13.0. The maximum absolute atomic E-state index is 12.3. The van der Waals surface area contributed by atoms with Gasteiger partial charge in [0.25, 0.3) is 0 Å². The highest BCUT2D eigenvalue weighted by atomic mass is 16.5. The van der Waals surface area contributed by atoms with Gasteiger partial charge in [-0.3, -0.25) is 0 Å². The first kappa shape index (κ1) is 19.5. The molecule has 0 bridgehead atoms. The van der Waals surface area contributed by atoms with Crippen LogP contribution in [0.2, 0.25) is 0 Å². The molecule has 7 nitrogen and oxygen atoms in total. The molecule has 0 radical (unpaired) electrons. The summed E-state index contributed by atoms with van der Waals surface area (Å²) in [4.78, 5) is 23.2. The molecule has 4 N–H and O–H groups in total. The van der Waals surface area contributed by atoms with Crippen LogP contribution in [0.3, 0.4) is 0 Å². The van der Waals surface area contributed by atoms with Crippen molar-refractivity contribution in [3.63, 3.8) is 0 Å². The van der Waals surface area contributed by atoms with Crippen LogP contribution in [0, 0.1) is 0 Å². The molecule has 1 aromatic rings. The number of amides is 2. The molecule has 1 aromatic carbocycles. The number of aliphatic hydroxyl groups excluding tert-OH is 1. The molecule has 0 spiro atoms. The van der Waals surface area contributed by atoms with Crippen LogP contribution in [-0.2, 0) is 0 Å². The summed E-state index contributed by atoms with van der Waals surface area (Å²) >= 11 is 0. The Balaban J connectivity index is 1.42. The summed E-state index contributed by atoms with van der Waals surface area (Å²) in [7, 11) is 0. The third-order valence-electron chi connectivity index (χ3n) is 5.66. The third kappa shape index (κ3) is 5.13. The molecule has 0 atom stereocenters. The number of aromatic carboxylic acids is 1. The molecule has 2 aliphatic carbocycles. The number of nitrogens with one attached hydrogen (secondary N) is 2. The van der Waals surface area contributed by atoms with Crippen molar-refractivity contribution in [3.8, 4) is 5.75 Å². The summed E-state index contributed by atoms with van der Waals surface area (Å²) in [6.07, 6.45) is 7.13. The Morgan fingerprint density at radius 2 is 1.70 bits per heavy atom. The average Bonchev–Trinajstić information content (AvgIpc) is 3.12. The van der Waals surface area contributed by atoms with E-state index in [9.17, 15) is 14.7 Å². The highest BCUT2D eigenvalue weighted by Gasteiger charge is 2.35. The molecule has 27 heavy (non-hydrogen) atoms. The van der Waals surface area contributed by atoms with Gasteiger partial charge in [0.05, 0.1) is 23.8 Å². The van der Waals surface area contributed by atoms with Gasteiger partial charge in [0.15, 0.2) is 0 Å². The molecule has 7 heteroatoms. The number of benzene rings is 1. The Bertz CT molecular complexity index is 647. The van der Waals surface area contributed by atoms with Gasteiger partial charge < -0.3 is 25.6 Å². The Hall–Kier alpha value is -2.28. The Labute approximate surface area is 159 Å². The zero-order chi connectivity index (χ0) is 19.3. The molecule has 148 valence electrons. The number of carboxylic acid groups (broad SMARTS) is 1. The predicted octanol–water partition coefficient (Wildman–Crippen LogP) is 2.68. The third-order valence-corrected chi connectivity index (χ3v) is 5.66. The summed E-state index contributed by atoms with van der Waals surface area (Å²) in [5.41, 5.74) is -0.212.